The molecule has 0 bridgehead atoms. The monoisotopic (exact) mass is 408 g/mol. The second-order valence-corrected chi connectivity index (χ2v) is 7.03. The standard InChI is InChI=1S/C18H15ClF2N4OS/c1-25(9-12-13(19)6-4-8-15(12)21)16(26)10-27-18-22-17(23-24-18)11-5-2-3-7-14(11)20/h2-8H,9-10H2,1H3,(H,22,23,24). The van der Waals surface area contributed by atoms with Gasteiger partial charge in [-0.1, -0.05) is 41.6 Å². The fourth-order valence-electron chi connectivity index (χ4n) is 2.33. The number of hydrogen-bond donors (Lipinski definition) is 1. The minimum atomic E-state index is -0.460. The van der Waals surface area contributed by atoms with Gasteiger partial charge in [0, 0.05) is 24.2 Å². The van der Waals surface area contributed by atoms with Gasteiger partial charge in [0.2, 0.25) is 11.1 Å². The number of H-pyrrole nitrogens is 1. The molecule has 0 aliphatic heterocycles. The van der Waals surface area contributed by atoms with Crippen LogP contribution in [0.1, 0.15) is 5.56 Å². The van der Waals surface area contributed by atoms with Gasteiger partial charge in [-0.15, -0.1) is 5.10 Å². The number of hydrogen-bond acceptors (Lipinski definition) is 4. The predicted molar refractivity (Wildman–Crippen MR) is 100 cm³/mol. The van der Waals surface area contributed by atoms with Crippen molar-refractivity contribution in [3.05, 3.63) is 64.7 Å². The number of amides is 1. The highest BCUT2D eigenvalue weighted by atomic mass is 35.5. The van der Waals surface area contributed by atoms with Crippen molar-refractivity contribution < 1.29 is 13.6 Å². The molecule has 0 saturated carbocycles. The lowest BCUT2D eigenvalue weighted by Crippen LogP contribution is -2.28. The first kappa shape index (κ1) is 19.3. The highest BCUT2D eigenvalue weighted by molar-refractivity contribution is 7.99. The Morgan fingerprint density at radius 3 is 2.67 bits per heavy atom. The number of aromatic amines is 1. The maximum Gasteiger partial charge on any atom is 0.233 e. The summed E-state index contributed by atoms with van der Waals surface area (Å²) in [6, 6.07) is 10.6. The molecule has 0 aliphatic carbocycles. The number of aromatic nitrogens is 3. The van der Waals surface area contributed by atoms with Gasteiger partial charge in [0.1, 0.15) is 11.6 Å². The summed E-state index contributed by atoms with van der Waals surface area (Å²) < 4.78 is 27.6. The summed E-state index contributed by atoms with van der Waals surface area (Å²) in [5.74, 6) is -0.774. The Bertz CT molecular complexity index is 946. The molecule has 1 aromatic heterocycles. The van der Waals surface area contributed by atoms with Gasteiger partial charge in [-0.25, -0.2) is 13.8 Å². The van der Waals surface area contributed by atoms with E-state index in [0.717, 1.165) is 11.8 Å². The normalized spacial score (nSPS) is 10.8. The summed E-state index contributed by atoms with van der Waals surface area (Å²) >= 11 is 7.09. The number of carbonyl (C=O) groups is 1. The fourth-order valence-corrected chi connectivity index (χ4v) is 3.29. The summed E-state index contributed by atoms with van der Waals surface area (Å²) in [5.41, 5.74) is 0.564. The van der Waals surface area contributed by atoms with E-state index in [-0.39, 0.29) is 34.6 Å². The van der Waals surface area contributed by atoms with Crippen LogP contribution >= 0.6 is 23.4 Å². The van der Waals surface area contributed by atoms with Crippen LogP contribution in [0.3, 0.4) is 0 Å². The number of benzene rings is 2. The van der Waals surface area contributed by atoms with E-state index in [9.17, 15) is 13.6 Å². The molecule has 0 spiro atoms. The number of carbonyl (C=O) groups excluding carboxylic acids is 1. The Morgan fingerprint density at radius 2 is 1.93 bits per heavy atom. The predicted octanol–water partition coefficient (Wildman–Crippen LogP) is 4.15. The lowest BCUT2D eigenvalue weighted by Gasteiger charge is -2.18. The summed E-state index contributed by atoms with van der Waals surface area (Å²) in [6.07, 6.45) is 0. The highest BCUT2D eigenvalue weighted by Gasteiger charge is 2.16. The Hall–Kier alpha value is -2.45. The summed E-state index contributed by atoms with van der Waals surface area (Å²) in [4.78, 5) is 17.9. The van der Waals surface area contributed by atoms with Crippen LogP contribution in [0.5, 0.6) is 0 Å². The molecule has 27 heavy (non-hydrogen) atoms. The molecule has 0 unspecified atom stereocenters. The van der Waals surface area contributed by atoms with Crippen molar-refractivity contribution in [3.8, 4) is 11.4 Å². The molecule has 0 fully saturated rings. The summed E-state index contributed by atoms with van der Waals surface area (Å²) in [7, 11) is 1.56. The molecule has 3 aromatic rings. The van der Waals surface area contributed by atoms with Gasteiger partial charge in [-0.05, 0) is 24.3 Å². The molecular weight excluding hydrogens is 394 g/mol. The first-order valence-electron chi connectivity index (χ1n) is 7.92. The lowest BCUT2D eigenvalue weighted by atomic mass is 10.2. The lowest BCUT2D eigenvalue weighted by molar-refractivity contribution is -0.127. The third-order valence-electron chi connectivity index (χ3n) is 3.80. The molecule has 3 rings (SSSR count). The number of halogens is 3. The maximum atomic E-state index is 13.8. The third-order valence-corrected chi connectivity index (χ3v) is 4.99. The average molecular weight is 409 g/mol. The average Bonchev–Trinajstić information content (AvgIpc) is 3.12. The molecule has 5 nitrogen and oxygen atoms in total. The van der Waals surface area contributed by atoms with Crippen molar-refractivity contribution >= 4 is 29.3 Å². The molecule has 0 atom stereocenters. The topological polar surface area (TPSA) is 61.9 Å². The quantitative estimate of drug-likeness (QED) is 0.622. The third kappa shape index (κ3) is 4.64. The van der Waals surface area contributed by atoms with E-state index < -0.39 is 11.6 Å². The SMILES string of the molecule is CN(Cc1c(F)cccc1Cl)C(=O)CSc1n[nH]c(-c2ccccc2F)n1. The summed E-state index contributed by atoms with van der Waals surface area (Å²) in [6.45, 7) is 0.0549. The molecule has 2 aromatic carbocycles. The van der Waals surface area contributed by atoms with Gasteiger partial charge < -0.3 is 4.90 Å². The molecule has 0 saturated heterocycles. The van der Waals surface area contributed by atoms with Crippen LogP contribution in [0.25, 0.3) is 11.4 Å². The molecule has 1 N–H and O–H groups in total. The molecule has 0 radical (unpaired) electrons. The maximum absolute atomic E-state index is 13.8. The van der Waals surface area contributed by atoms with Gasteiger partial charge >= 0.3 is 0 Å². The van der Waals surface area contributed by atoms with E-state index in [1.165, 1.54) is 23.1 Å². The van der Waals surface area contributed by atoms with Crippen molar-refractivity contribution in [2.24, 2.45) is 0 Å². The van der Waals surface area contributed by atoms with Crippen molar-refractivity contribution in [1.29, 1.82) is 0 Å². The zero-order valence-corrected chi connectivity index (χ0v) is 15.8. The molecule has 1 heterocycles. The van der Waals surface area contributed by atoms with Crippen LogP contribution in [0, 0.1) is 11.6 Å². The van der Waals surface area contributed by atoms with Crippen LogP contribution in [0.2, 0.25) is 5.02 Å². The van der Waals surface area contributed by atoms with Gasteiger partial charge in [0.05, 0.1) is 11.3 Å². The van der Waals surface area contributed by atoms with Crippen molar-refractivity contribution in [2.75, 3.05) is 12.8 Å². The smallest absolute Gasteiger partial charge is 0.233 e. The minimum absolute atomic E-state index is 0.0527. The minimum Gasteiger partial charge on any atom is -0.341 e. The second-order valence-electron chi connectivity index (χ2n) is 5.69. The summed E-state index contributed by atoms with van der Waals surface area (Å²) in [5, 5.41) is 7.23. The number of nitrogens with zero attached hydrogens (tertiary/aromatic N) is 3. The Morgan fingerprint density at radius 1 is 1.19 bits per heavy atom. The first-order valence-corrected chi connectivity index (χ1v) is 9.29. The number of thioether (sulfide) groups is 1. The van der Waals surface area contributed by atoms with Crippen molar-refractivity contribution in [3.63, 3.8) is 0 Å². The van der Waals surface area contributed by atoms with Crippen LogP contribution in [0.4, 0.5) is 8.78 Å². The molecular formula is C18H15ClF2N4OS. The molecule has 1 amide bonds. The van der Waals surface area contributed by atoms with Crippen molar-refractivity contribution in [1.82, 2.24) is 20.1 Å². The molecule has 9 heteroatoms. The Kier molecular flexibility index (Phi) is 6.08. The zero-order chi connectivity index (χ0) is 19.4. The van der Waals surface area contributed by atoms with E-state index in [2.05, 4.69) is 15.2 Å². The van der Waals surface area contributed by atoms with Crippen LogP contribution in [-0.4, -0.2) is 38.8 Å². The van der Waals surface area contributed by atoms with E-state index in [1.807, 2.05) is 0 Å². The Balaban J connectivity index is 1.60. The number of rotatable bonds is 6. The van der Waals surface area contributed by atoms with E-state index >= 15 is 0 Å². The fraction of sp³-hybridized carbons (Fsp3) is 0.167. The number of nitrogens with one attached hydrogen (secondary N) is 1. The van der Waals surface area contributed by atoms with Gasteiger partial charge in [-0.2, -0.15) is 0 Å². The van der Waals surface area contributed by atoms with Gasteiger partial charge in [-0.3, -0.25) is 9.89 Å². The van der Waals surface area contributed by atoms with Gasteiger partial charge in [0.15, 0.2) is 5.82 Å². The van der Waals surface area contributed by atoms with E-state index in [0.29, 0.717) is 10.7 Å². The van der Waals surface area contributed by atoms with Gasteiger partial charge in [0.25, 0.3) is 0 Å². The van der Waals surface area contributed by atoms with Crippen molar-refractivity contribution in [2.45, 2.75) is 11.7 Å². The molecule has 140 valence electrons. The van der Waals surface area contributed by atoms with Crippen LogP contribution in [0.15, 0.2) is 47.6 Å². The highest BCUT2D eigenvalue weighted by Crippen LogP contribution is 2.23. The Labute approximate surface area is 163 Å². The van der Waals surface area contributed by atoms with E-state index in [4.69, 9.17) is 11.6 Å². The van der Waals surface area contributed by atoms with Crippen LogP contribution < -0.4 is 0 Å². The second kappa shape index (κ2) is 8.49. The van der Waals surface area contributed by atoms with E-state index in [1.54, 1.807) is 31.3 Å². The molecule has 0 aliphatic rings. The first-order chi connectivity index (χ1) is 13.0. The zero-order valence-electron chi connectivity index (χ0n) is 14.2. The van der Waals surface area contributed by atoms with Crippen LogP contribution in [-0.2, 0) is 11.3 Å². The largest absolute Gasteiger partial charge is 0.341 e.